The van der Waals surface area contributed by atoms with E-state index in [-0.39, 0.29) is 11.9 Å². The molecule has 6 heteroatoms. The van der Waals surface area contributed by atoms with E-state index < -0.39 is 10.0 Å². The number of benzene rings is 2. The van der Waals surface area contributed by atoms with E-state index in [4.69, 9.17) is 0 Å². The molecule has 1 unspecified atom stereocenters. The first-order chi connectivity index (χ1) is 12.9. The van der Waals surface area contributed by atoms with Crippen LogP contribution >= 0.6 is 0 Å². The molecule has 27 heavy (non-hydrogen) atoms. The number of hydrogen-bond donors (Lipinski definition) is 2. The van der Waals surface area contributed by atoms with Crippen LogP contribution in [-0.2, 0) is 10.0 Å². The normalized spacial score (nSPS) is 16.5. The van der Waals surface area contributed by atoms with Crippen LogP contribution in [0.15, 0.2) is 54.6 Å². The van der Waals surface area contributed by atoms with E-state index >= 15 is 0 Å². The molecular formula is C21H26N2O3S. The summed E-state index contributed by atoms with van der Waals surface area (Å²) in [5.74, 6) is 0.302. The number of carbonyl (C=O) groups is 1. The van der Waals surface area contributed by atoms with Crippen molar-refractivity contribution in [2.75, 3.05) is 11.0 Å². The van der Waals surface area contributed by atoms with Gasteiger partial charge in [0.05, 0.1) is 12.3 Å². The summed E-state index contributed by atoms with van der Waals surface area (Å²) >= 11 is 0. The van der Waals surface area contributed by atoms with Crippen molar-refractivity contribution >= 4 is 21.6 Å². The lowest BCUT2D eigenvalue weighted by Crippen LogP contribution is -2.34. The SMILES string of the molecule is CS(=O)(=O)Nc1ccc(C(=O)NC(c2ccccc2)C2CCCCC2)cc1. The summed E-state index contributed by atoms with van der Waals surface area (Å²) in [5.41, 5.74) is 2.10. The van der Waals surface area contributed by atoms with Crippen LogP contribution in [0.25, 0.3) is 0 Å². The monoisotopic (exact) mass is 386 g/mol. The van der Waals surface area contributed by atoms with E-state index in [1.165, 1.54) is 19.3 Å². The minimum absolute atomic E-state index is 0.00665. The molecule has 1 atom stereocenters. The molecule has 5 nitrogen and oxygen atoms in total. The molecule has 1 aliphatic rings. The molecule has 144 valence electrons. The molecule has 0 bridgehead atoms. The summed E-state index contributed by atoms with van der Waals surface area (Å²) in [5, 5.41) is 3.21. The van der Waals surface area contributed by atoms with E-state index in [0.29, 0.717) is 17.2 Å². The Morgan fingerprint density at radius 2 is 1.59 bits per heavy atom. The molecule has 2 N–H and O–H groups in total. The van der Waals surface area contributed by atoms with Crippen LogP contribution < -0.4 is 10.0 Å². The average molecular weight is 387 g/mol. The Hall–Kier alpha value is -2.34. The fourth-order valence-corrected chi connectivity index (χ4v) is 4.29. The molecule has 1 saturated carbocycles. The van der Waals surface area contributed by atoms with Gasteiger partial charge in [-0.25, -0.2) is 8.42 Å². The molecule has 0 spiro atoms. The lowest BCUT2D eigenvalue weighted by Gasteiger charge is -2.31. The summed E-state index contributed by atoms with van der Waals surface area (Å²) in [7, 11) is -3.33. The summed E-state index contributed by atoms with van der Waals surface area (Å²) in [6, 6.07) is 16.6. The molecule has 0 aromatic heterocycles. The summed E-state index contributed by atoms with van der Waals surface area (Å²) in [6.45, 7) is 0. The molecule has 0 radical (unpaired) electrons. The van der Waals surface area contributed by atoms with Gasteiger partial charge in [-0.1, -0.05) is 49.6 Å². The van der Waals surface area contributed by atoms with E-state index in [1.807, 2.05) is 18.2 Å². The third-order valence-electron chi connectivity index (χ3n) is 5.02. The Kier molecular flexibility index (Phi) is 6.16. The lowest BCUT2D eigenvalue weighted by molar-refractivity contribution is 0.0912. The highest BCUT2D eigenvalue weighted by Crippen LogP contribution is 2.34. The van der Waals surface area contributed by atoms with Gasteiger partial charge in [0.2, 0.25) is 10.0 Å². The zero-order valence-corrected chi connectivity index (χ0v) is 16.3. The largest absolute Gasteiger partial charge is 0.345 e. The quantitative estimate of drug-likeness (QED) is 0.784. The smallest absolute Gasteiger partial charge is 0.251 e. The molecule has 2 aromatic rings. The first-order valence-electron chi connectivity index (χ1n) is 9.36. The highest BCUT2D eigenvalue weighted by Gasteiger charge is 2.26. The Labute approximate surface area is 161 Å². The molecule has 2 aromatic carbocycles. The highest BCUT2D eigenvalue weighted by atomic mass is 32.2. The van der Waals surface area contributed by atoms with Gasteiger partial charge in [0.1, 0.15) is 0 Å². The molecule has 0 heterocycles. The van der Waals surface area contributed by atoms with Crippen LogP contribution in [0.1, 0.15) is 54.1 Å². The molecular weight excluding hydrogens is 360 g/mol. The highest BCUT2D eigenvalue weighted by molar-refractivity contribution is 7.92. The lowest BCUT2D eigenvalue weighted by atomic mass is 9.81. The maximum Gasteiger partial charge on any atom is 0.251 e. The molecule has 3 rings (SSSR count). The molecule has 1 fully saturated rings. The number of amides is 1. The van der Waals surface area contributed by atoms with Crippen molar-refractivity contribution in [3.63, 3.8) is 0 Å². The van der Waals surface area contributed by atoms with Crippen LogP contribution in [0.5, 0.6) is 0 Å². The first kappa shape index (κ1) is 19.4. The maximum atomic E-state index is 12.8. The van der Waals surface area contributed by atoms with Crippen molar-refractivity contribution in [2.24, 2.45) is 5.92 Å². The van der Waals surface area contributed by atoms with Crippen LogP contribution in [0.3, 0.4) is 0 Å². The fourth-order valence-electron chi connectivity index (χ4n) is 3.73. The van der Waals surface area contributed by atoms with E-state index in [0.717, 1.165) is 24.7 Å². The van der Waals surface area contributed by atoms with Gasteiger partial charge in [0.25, 0.3) is 5.91 Å². The molecule has 1 aliphatic carbocycles. The Bertz CT molecular complexity index is 858. The second-order valence-electron chi connectivity index (χ2n) is 7.21. The van der Waals surface area contributed by atoms with E-state index in [1.54, 1.807) is 24.3 Å². The first-order valence-corrected chi connectivity index (χ1v) is 11.3. The zero-order chi connectivity index (χ0) is 19.3. The van der Waals surface area contributed by atoms with Crippen molar-refractivity contribution in [1.82, 2.24) is 5.32 Å². The zero-order valence-electron chi connectivity index (χ0n) is 15.5. The number of anilines is 1. The third-order valence-corrected chi connectivity index (χ3v) is 5.62. The molecule has 0 aliphatic heterocycles. The van der Waals surface area contributed by atoms with E-state index in [2.05, 4.69) is 22.2 Å². The van der Waals surface area contributed by atoms with Gasteiger partial charge in [-0.15, -0.1) is 0 Å². The van der Waals surface area contributed by atoms with Gasteiger partial charge in [-0.05, 0) is 48.6 Å². The number of hydrogen-bond acceptors (Lipinski definition) is 3. The van der Waals surface area contributed by atoms with Crippen molar-refractivity contribution in [1.29, 1.82) is 0 Å². The Morgan fingerprint density at radius 1 is 0.963 bits per heavy atom. The van der Waals surface area contributed by atoms with Crippen molar-refractivity contribution in [3.05, 3.63) is 65.7 Å². The van der Waals surface area contributed by atoms with Crippen LogP contribution in [-0.4, -0.2) is 20.6 Å². The Balaban J connectivity index is 1.76. The standard InChI is InChI=1S/C21H26N2O3S/c1-27(25,26)23-19-14-12-18(13-15-19)21(24)22-20(16-8-4-2-5-9-16)17-10-6-3-7-11-17/h2,4-5,8-9,12-15,17,20,23H,3,6-7,10-11H2,1H3,(H,22,24). The van der Waals surface area contributed by atoms with Crippen molar-refractivity contribution in [3.8, 4) is 0 Å². The second kappa shape index (κ2) is 8.57. The minimum Gasteiger partial charge on any atom is -0.345 e. The second-order valence-corrected chi connectivity index (χ2v) is 8.96. The number of carbonyl (C=O) groups excluding carboxylic acids is 1. The van der Waals surface area contributed by atoms with E-state index in [9.17, 15) is 13.2 Å². The number of sulfonamides is 1. The minimum atomic E-state index is -3.33. The predicted octanol–water partition coefficient (Wildman–Crippen LogP) is 4.11. The summed E-state index contributed by atoms with van der Waals surface area (Å²) in [4.78, 5) is 12.8. The maximum absolute atomic E-state index is 12.8. The van der Waals surface area contributed by atoms with Crippen LogP contribution in [0.2, 0.25) is 0 Å². The fraction of sp³-hybridized carbons (Fsp3) is 0.381. The van der Waals surface area contributed by atoms with Gasteiger partial charge in [0.15, 0.2) is 0 Å². The Morgan fingerprint density at radius 3 is 2.19 bits per heavy atom. The van der Waals surface area contributed by atoms with Crippen LogP contribution in [0.4, 0.5) is 5.69 Å². The van der Waals surface area contributed by atoms with Gasteiger partial charge >= 0.3 is 0 Å². The summed E-state index contributed by atoms with van der Waals surface area (Å²) in [6.07, 6.45) is 7.02. The molecule has 1 amide bonds. The number of rotatable bonds is 6. The van der Waals surface area contributed by atoms with Gasteiger partial charge in [0, 0.05) is 11.3 Å². The van der Waals surface area contributed by atoms with Crippen LogP contribution in [0, 0.1) is 5.92 Å². The topological polar surface area (TPSA) is 75.3 Å². The van der Waals surface area contributed by atoms with Gasteiger partial charge in [-0.2, -0.15) is 0 Å². The average Bonchev–Trinajstić information content (AvgIpc) is 2.66. The number of nitrogens with one attached hydrogen (secondary N) is 2. The predicted molar refractivity (Wildman–Crippen MR) is 108 cm³/mol. The summed E-state index contributed by atoms with van der Waals surface area (Å²) < 4.78 is 25.0. The third kappa shape index (κ3) is 5.57. The van der Waals surface area contributed by atoms with Crippen molar-refractivity contribution < 1.29 is 13.2 Å². The van der Waals surface area contributed by atoms with Gasteiger partial charge < -0.3 is 5.32 Å². The van der Waals surface area contributed by atoms with Crippen molar-refractivity contribution in [2.45, 2.75) is 38.1 Å². The molecule has 0 saturated heterocycles. The van der Waals surface area contributed by atoms with Gasteiger partial charge in [-0.3, -0.25) is 9.52 Å².